The SMILES string of the molecule is CCC(C)(C)NC(=O)c1sc(NCC(C)C)nc1N. The van der Waals surface area contributed by atoms with Gasteiger partial charge in [0.1, 0.15) is 10.7 Å². The summed E-state index contributed by atoms with van der Waals surface area (Å²) in [7, 11) is 0. The van der Waals surface area contributed by atoms with Crippen LogP contribution in [-0.2, 0) is 0 Å². The van der Waals surface area contributed by atoms with Crippen molar-refractivity contribution in [3.63, 3.8) is 0 Å². The summed E-state index contributed by atoms with van der Waals surface area (Å²) in [6.07, 6.45) is 0.857. The second-order valence-corrected chi connectivity index (χ2v) is 6.70. The van der Waals surface area contributed by atoms with Crippen LogP contribution in [0.5, 0.6) is 0 Å². The third-order valence-electron chi connectivity index (χ3n) is 2.86. The van der Waals surface area contributed by atoms with Crippen LogP contribution in [-0.4, -0.2) is 23.0 Å². The summed E-state index contributed by atoms with van der Waals surface area (Å²) in [6.45, 7) is 11.0. The van der Waals surface area contributed by atoms with Crippen LogP contribution in [0.1, 0.15) is 50.7 Å². The maximum Gasteiger partial charge on any atom is 0.265 e. The average Bonchev–Trinajstić information content (AvgIpc) is 2.67. The molecule has 0 spiro atoms. The van der Waals surface area contributed by atoms with Gasteiger partial charge in [-0.15, -0.1) is 0 Å². The second kappa shape index (κ2) is 6.23. The minimum Gasteiger partial charge on any atom is -0.382 e. The second-order valence-electron chi connectivity index (χ2n) is 5.70. The van der Waals surface area contributed by atoms with E-state index in [1.165, 1.54) is 11.3 Å². The molecule has 108 valence electrons. The van der Waals surface area contributed by atoms with E-state index in [2.05, 4.69) is 29.5 Å². The zero-order chi connectivity index (χ0) is 14.6. The molecule has 0 atom stereocenters. The number of amides is 1. The van der Waals surface area contributed by atoms with E-state index in [1.807, 2.05) is 20.8 Å². The van der Waals surface area contributed by atoms with Gasteiger partial charge in [0.2, 0.25) is 0 Å². The number of thiazole rings is 1. The quantitative estimate of drug-likeness (QED) is 0.750. The van der Waals surface area contributed by atoms with Gasteiger partial charge in [-0.1, -0.05) is 32.1 Å². The molecule has 0 unspecified atom stereocenters. The van der Waals surface area contributed by atoms with Gasteiger partial charge in [-0.05, 0) is 26.2 Å². The van der Waals surface area contributed by atoms with Crippen LogP contribution in [0.25, 0.3) is 0 Å². The van der Waals surface area contributed by atoms with Crippen LogP contribution in [0.2, 0.25) is 0 Å². The number of nitrogens with zero attached hydrogens (tertiary/aromatic N) is 1. The number of carbonyl (C=O) groups excluding carboxylic acids is 1. The number of anilines is 2. The van der Waals surface area contributed by atoms with E-state index in [0.29, 0.717) is 21.7 Å². The van der Waals surface area contributed by atoms with Crippen molar-refractivity contribution in [3.8, 4) is 0 Å². The fourth-order valence-corrected chi connectivity index (χ4v) is 2.10. The topological polar surface area (TPSA) is 80.0 Å². The summed E-state index contributed by atoms with van der Waals surface area (Å²) in [6, 6.07) is 0. The van der Waals surface area contributed by atoms with Gasteiger partial charge in [-0.25, -0.2) is 4.98 Å². The highest BCUT2D eigenvalue weighted by Crippen LogP contribution is 2.25. The number of nitrogen functional groups attached to an aromatic ring is 1. The Hall–Kier alpha value is -1.30. The van der Waals surface area contributed by atoms with E-state index < -0.39 is 0 Å². The Morgan fingerprint density at radius 1 is 1.47 bits per heavy atom. The smallest absolute Gasteiger partial charge is 0.265 e. The Labute approximate surface area is 119 Å². The lowest BCUT2D eigenvalue weighted by Crippen LogP contribution is -2.42. The van der Waals surface area contributed by atoms with E-state index in [0.717, 1.165) is 13.0 Å². The number of hydrogen-bond donors (Lipinski definition) is 3. The Morgan fingerprint density at radius 3 is 2.63 bits per heavy atom. The fraction of sp³-hybridized carbons (Fsp3) is 0.692. The Morgan fingerprint density at radius 2 is 2.11 bits per heavy atom. The van der Waals surface area contributed by atoms with Crippen molar-refractivity contribution in [1.82, 2.24) is 10.3 Å². The monoisotopic (exact) mass is 284 g/mol. The zero-order valence-electron chi connectivity index (χ0n) is 12.3. The van der Waals surface area contributed by atoms with E-state index >= 15 is 0 Å². The minimum absolute atomic E-state index is 0.153. The molecule has 0 aliphatic carbocycles. The van der Waals surface area contributed by atoms with Crippen molar-refractivity contribution in [3.05, 3.63) is 4.88 Å². The van der Waals surface area contributed by atoms with Gasteiger partial charge in [0.25, 0.3) is 5.91 Å². The summed E-state index contributed by atoms with van der Waals surface area (Å²) in [5, 5.41) is 6.85. The summed E-state index contributed by atoms with van der Waals surface area (Å²) in [5.41, 5.74) is 5.57. The fourth-order valence-electron chi connectivity index (χ4n) is 1.31. The average molecular weight is 284 g/mol. The number of aromatic nitrogens is 1. The first kappa shape index (κ1) is 15.8. The molecular weight excluding hydrogens is 260 g/mol. The van der Waals surface area contributed by atoms with Gasteiger partial charge in [0, 0.05) is 12.1 Å². The molecule has 1 rings (SSSR count). The maximum atomic E-state index is 12.1. The number of hydrogen-bond acceptors (Lipinski definition) is 5. The van der Waals surface area contributed by atoms with E-state index in [9.17, 15) is 4.79 Å². The van der Waals surface area contributed by atoms with Crippen LogP contribution in [0.4, 0.5) is 10.9 Å². The third-order valence-corrected chi connectivity index (χ3v) is 3.88. The summed E-state index contributed by atoms with van der Waals surface area (Å²) in [5.74, 6) is 0.654. The molecule has 6 heteroatoms. The zero-order valence-corrected chi connectivity index (χ0v) is 13.1. The van der Waals surface area contributed by atoms with Crippen LogP contribution >= 0.6 is 11.3 Å². The molecule has 1 heterocycles. The van der Waals surface area contributed by atoms with Crippen molar-refractivity contribution in [2.24, 2.45) is 5.92 Å². The van der Waals surface area contributed by atoms with Gasteiger partial charge in [0.05, 0.1) is 0 Å². The lowest BCUT2D eigenvalue weighted by molar-refractivity contribution is 0.0916. The van der Waals surface area contributed by atoms with Crippen LogP contribution in [0.3, 0.4) is 0 Å². The molecule has 0 saturated carbocycles. The first-order chi connectivity index (χ1) is 8.75. The van der Waals surface area contributed by atoms with Gasteiger partial charge in [0.15, 0.2) is 5.13 Å². The standard InChI is InChI=1S/C13H24N4OS/c1-6-13(4,5)17-11(18)9-10(14)16-12(19-9)15-7-8(2)3/h8H,6-7,14H2,1-5H3,(H,15,16)(H,17,18). The van der Waals surface area contributed by atoms with Crippen LogP contribution in [0.15, 0.2) is 0 Å². The van der Waals surface area contributed by atoms with Crippen molar-refractivity contribution in [2.75, 3.05) is 17.6 Å². The molecule has 0 radical (unpaired) electrons. The largest absolute Gasteiger partial charge is 0.382 e. The van der Waals surface area contributed by atoms with Crippen LogP contribution < -0.4 is 16.4 Å². The summed E-state index contributed by atoms with van der Waals surface area (Å²) >= 11 is 1.30. The molecule has 19 heavy (non-hydrogen) atoms. The van der Waals surface area contributed by atoms with Gasteiger partial charge >= 0.3 is 0 Å². The molecule has 0 aromatic carbocycles. The predicted molar refractivity (Wildman–Crippen MR) is 81.7 cm³/mol. The molecule has 0 aliphatic heterocycles. The maximum absolute atomic E-state index is 12.1. The molecule has 0 saturated heterocycles. The van der Waals surface area contributed by atoms with Gasteiger partial charge in [-0.2, -0.15) is 0 Å². The van der Waals surface area contributed by atoms with Gasteiger partial charge in [-0.3, -0.25) is 4.79 Å². The lowest BCUT2D eigenvalue weighted by atomic mass is 10.0. The molecule has 1 aromatic heterocycles. The van der Waals surface area contributed by atoms with Gasteiger partial charge < -0.3 is 16.4 Å². The molecule has 0 fully saturated rings. The van der Waals surface area contributed by atoms with Crippen molar-refractivity contribution in [2.45, 2.75) is 46.6 Å². The highest BCUT2D eigenvalue weighted by atomic mass is 32.1. The first-order valence-corrected chi connectivity index (χ1v) is 7.39. The first-order valence-electron chi connectivity index (χ1n) is 6.58. The molecule has 1 amide bonds. The molecule has 0 aliphatic rings. The van der Waals surface area contributed by atoms with Crippen molar-refractivity contribution >= 4 is 28.2 Å². The van der Waals surface area contributed by atoms with Crippen LogP contribution in [0, 0.1) is 5.92 Å². The Bertz CT molecular complexity index is 440. The summed E-state index contributed by atoms with van der Waals surface area (Å²) < 4.78 is 0. The Balaban J connectivity index is 2.75. The number of carbonyl (C=O) groups is 1. The molecule has 4 N–H and O–H groups in total. The predicted octanol–water partition coefficient (Wildman–Crippen LogP) is 2.71. The number of rotatable bonds is 6. The highest BCUT2D eigenvalue weighted by Gasteiger charge is 2.22. The van der Waals surface area contributed by atoms with E-state index in [4.69, 9.17) is 5.73 Å². The number of nitrogens with two attached hydrogens (primary N) is 1. The van der Waals surface area contributed by atoms with E-state index in [1.54, 1.807) is 0 Å². The van der Waals surface area contributed by atoms with E-state index in [-0.39, 0.29) is 11.4 Å². The van der Waals surface area contributed by atoms with Crippen molar-refractivity contribution in [1.29, 1.82) is 0 Å². The molecule has 0 bridgehead atoms. The number of nitrogens with one attached hydrogen (secondary N) is 2. The highest BCUT2D eigenvalue weighted by molar-refractivity contribution is 7.18. The summed E-state index contributed by atoms with van der Waals surface area (Å²) in [4.78, 5) is 16.8. The third kappa shape index (κ3) is 4.70. The molecule has 5 nitrogen and oxygen atoms in total. The lowest BCUT2D eigenvalue weighted by Gasteiger charge is -2.23. The van der Waals surface area contributed by atoms with Crippen molar-refractivity contribution < 1.29 is 4.79 Å². The normalized spacial score (nSPS) is 11.7. The minimum atomic E-state index is -0.237. The Kier molecular flexibility index (Phi) is 5.17. The molecular formula is C13H24N4OS. The molecule has 1 aromatic rings.